The van der Waals surface area contributed by atoms with Crippen molar-refractivity contribution >= 4 is 28.3 Å². The number of nitrogens with one attached hydrogen (secondary N) is 1. The van der Waals surface area contributed by atoms with Crippen molar-refractivity contribution in [1.82, 2.24) is 9.55 Å². The van der Waals surface area contributed by atoms with Crippen molar-refractivity contribution in [2.24, 2.45) is 0 Å². The van der Waals surface area contributed by atoms with Gasteiger partial charge in [0.05, 0.1) is 17.6 Å². The minimum atomic E-state index is 0.705. The highest BCUT2D eigenvalue weighted by molar-refractivity contribution is 6.31. The predicted octanol–water partition coefficient (Wildman–Crippen LogP) is 4.71. The molecule has 2 aromatic carbocycles. The molecule has 4 heteroatoms. The Morgan fingerprint density at radius 3 is 2.71 bits per heavy atom. The maximum absolute atomic E-state index is 6.12. The van der Waals surface area contributed by atoms with Gasteiger partial charge in [-0.15, -0.1) is 0 Å². The maximum Gasteiger partial charge on any atom is 0.129 e. The molecule has 3 rings (SSSR count). The van der Waals surface area contributed by atoms with Gasteiger partial charge in [0, 0.05) is 17.3 Å². The summed E-state index contributed by atoms with van der Waals surface area (Å²) in [7, 11) is 0. The van der Waals surface area contributed by atoms with Gasteiger partial charge in [0.2, 0.25) is 0 Å². The lowest BCUT2D eigenvalue weighted by Crippen LogP contribution is -2.08. The van der Waals surface area contributed by atoms with Crippen LogP contribution in [0.2, 0.25) is 5.02 Å². The van der Waals surface area contributed by atoms with Crippen molar-refractivity contribution in [3.05, 3.63) is 59.4 Å². The van der Waals surface area contributed by atoms with Crippen LogP contribution >= 0.6 is 11.6 Å². The Morgan fingerprint density at radius 1 is 1.14 bits per heavy atom. The molecule has 0 fully saturated rings. The van der Waals surface area contributed by atoms with Crippen LogP contribution in [-0.2, 0) is 13.1 Å². The summed E-state index contributed by atoms with van der Waals surface area (Å²) in [5.41, 5.74) is 3.21. The molecule has 1 aromatic heterocycles. The van der Waals surface area contributed by atoms with Crippen molar-refractivity contribution < 1.29 is 0 Å². The van der Waals surface area contributed by atoms with Gasteiger partial charge in [-0.05, 0) is 36.8 Å². The predicted molar refractivity (Wildman–Crippen MR) is 88.8 cm³/mol. The second-order valence-corrected chi connectivity index (χ2v) is 5.47. The Balaban J connectivity index is 1.91. The molecule has 0 bridgehead atoms. The number of aryl methyl sites for hydroxylation is 1. The quantitative estimate of drug-likeness (QED) is 0.739. The molecular weight excluding hydrogens is 282 g/mol. The van der Waals surface area contributed by atoms with E-state index >= 15 is 0 Å². The number of nitrogens with zero attached hydrogens (tertiary/aromatic N) is 2. The number of hydrogen-bond acceptors (Lipinski definition) is 2. The molecule has 0 saturated heterocycles. The fourth-order valence-electron chi connectivity index (χ4n) is 2.49. The first-order chi connectivity index (χ1) is 10.3. The van der Waals surface area contributed by atoms with Gasteiger partial charge in [0.1, 0.15) is 5.82 Å². The summed E-state index contributed by atoms with van der Waals surface area (Å²) in [6.45, 7) is 3.82. The molecule has 3 aromatic rings. The summed E-state index contributed by atoms with van der Waals surface area (Å²) >= 11 is 6.12. The standard InChI is InChI=1S/C17H18ClN3/c1-2-10-21-16-11-13(18)8-9-15(16)20-17(21)12-19-14-6-4-3-5-7-14/h3-9,11,19H,2,10,12H2,1H3. The van der Waals surface area contributed by atoms with Gasteiger partial charge in [0.15, 0.2) is 0 Å². The van der Waals surface area contributed by atoms with Crippen LogP contribution in [0.15, 0.2) is 48.5 Å². The normalized spacial score (nSPS) is 11.0. The minimum Gasteiger partial charge on any atom is -0.378 e. The van der Waals surface area contributed by atoms with Gasteiger partial charge >= 0.3 is 0 Å². The zero-order chi connectivity index (χ0) is 14.7. The third-order valence-corrected chi connectivity index (χ3v) is 3.70. The van der Waals surface area contributed by atoms with Crippen LogP contribution in [0, 0.1) is 0 Å². The third-order valence-electron chi connectivity index (χ3n) is 3.46. The van der Waals surface area contributed by atoms with E-state index in [1.807, 2.05) is 36.4 Å². The van der Waals surface area contributed by atoms with Crippen LogP contribution in [0.5, 0.6) is 0 Å². The van der Waals surface area contributed by atoms with E-state index in [2.05, 4.69) is 28.9 Å². The van der Waals surface area contributed by atoms with E-state index in [1.54, 1.807) is 0 Å². The van der Waals surface area contributed by atoms with Crippen LogP contribution in [-0.4, -0.2) is 9.55 Å². The minimum absolute atomic E-state index is 0.705. The summed E-state index contributed by atoms with van der Waals surface area (Å²) in [4.78, 5) is 4.73. The number of rotatable bonds is 5. The zero-order valence-corrected chi connectivity index (χ0v) is 12.8. The van der Waals surface area contributed by atoms with Gasteiger partial charge in [-0.2, -0.15) is 0 Å². The zero-order valence-electron chi connectivity index (χ0n) is 12.0. The van der Waals surface area contributed by atoms with Crippen molar-refractivity contribution in [2.75, 3.05) is 5.32 Å². The second kappa shape index (κ2) is 6.19. The largest absolute Gasteiger partial charge is 0.378 e. The summed E-state index contributed by atoms with van der Waals surface area (Å²) in [5.74, 6) is 1.04. The number of para-hydroxylation sites is 1. The molecule has 21 heavy (non-hydrogen) atoms. The Labute approximate surface area is 129 Å². The SMILES string of the molecule is CCCn1c(CNc2ccccc2)nc2ccc(Cl)cc21. The van der Waals surface area contributed by atoms with Crippen molar-refractivity contribution in [2.45, 2.75) is 26.4 Å². The average Bonchev–Trinajstić information content (AvgIpc) is 2.84. The Morgan fingerprint density at radius 2 is 1.95 bits per heavy atom. The smallest absolute Gasteiger partial charge is 0.129 e. The van der Waals surface area contributed by atoms with E-state index in [-0.39, 0.29) is 0 Å². The van der Waals surface area contributed by atoms with E-state index < -0.39 is 0 Å². The third kappa shape index (κ3) is 3.03. The lowest BCUT2D eigenvalue weighted by Gasteiger charge is -2.09. The molecule has 0 atom stereocenters. The van der Waals surface area contributed by atoms with Crippen LogP contribution in [0.4, 0.5) is 5.69 Å². The van der Waals surface area contributed by atoms with Crippen molar-refractivity contribution in [3.63, 3.8) is 0 Å². The molecule has 1 N–H and O–H groups in total. The number of hydrogen-bond donors (Lipinski definition) is 1. The van der Waals surface area contributed by atoms with Crippen LogP contribution < -0.4 is 5.32 Å². The number of fused-ring (bicyclic) bond motifs is 1. The fraction of sp³-hybridized carbons (Fsp3) is 0.235. The van der Waals surface area contributed by atoms with Crippen LogP contribution in [0.25, 0.3) is 11.0 Å². The molecule has 3 nitrogen and oxygen atoms in total. The van der Waals surface area contributed by atoms with Crippen LogP contribution in [0.1, 0.15) is 19.2 Å². The molecule has 0 amide bonds. The van der Waals surface area contributed by atoms with Gasteiger partial charge < -0.3 is 9.88 Å². The maximum atomic E-state index is 6.12. The molecule has 1 heterocycles. The molecule has 0 spiro atoms. The number of anilines is 1. The molecule has 0 unspecified atom stereocenters. The first kappa shape index (κ1) is 14.0. The number of halogens is 1. The van der Waals surface area contributed by atoms with E-state index in [4.69, 9.17) is 16.6 Å². The van der Waals surface area contributed by atoms with E-state index in [1.165, 1.54) is 0 Å². The van der Waals surface area contributed by atoms with Gasteiger partial charge in [0.25, 0.3) is 0 Å². The monoisotopic (exact) mass is 299 g/mol. The molecule has 0 aliphatic carbocycles. The lowest BCUT2D eigenvalue weighted by molar-refractivity contribution is 0.661. The molecule has 0 saturated carbocycles. The molecule has 0 radical (unpaired) electrons. The summed E-state index contributed by atoms with van der Waals surface area (Å²) in [5, 5.41) is 4.17. The Hall–Kier alpha value is -2.00. The van der Waals surface area contributed by atoms with E-state index in [0.29, 0.717) is 6.54 Å². The first-order valence-corrected chi connectivity index (χ1v) is 7.59. The molecular formula is C17H18ClN3. The Bertz CT molecular complexity index is 734. The Kier molecular flexibility index (Phi) is 4.11. The van der Waals surface area contributed by atoms with E-state index in [9.17, 15) is 0 Å². The summed E-state index contributed by atoms with van der Waals surface area (Å²) in [6, 6.07) is 16.0. The van der Waals surface area contributed by atoms with Crippen molar-refractivity contribution in [3.8, 4) is 0 Å². The van der Waals surface area contributed by atoms with E-state index in [0.717, 1.165) is 40.5 Å². The van der Waals surface area contributed by atoms with Gasteiger partial charge in [-0.25, -0.2) is 4.98 Å². The highest BCUT2D eigenvalue weighted by Gasteiger charge is 2.10. The van der Waals surface area contributed by atoms with Gasteiger partial charge in [-0.1, -0.05) is 36.7 Å². The summed E-state index contributed by atoms with van der Waals surface area (Å²) in [6.07, 6.45) is 1.07. The number of aromatic nitrogens is 2. The topological polar surface area (TPSA) is 29.9 Å². The summed E-state index contributed by atoms with van der Waals surface area (Å²) < 4.78 is 2.25. The van der Waals surface area contributed by atoms with Gasteiger partial charge in [-0.3, -0.25) is 0 Å². The van der Waals surface area contributed by atoms with Crippen LogP contribution in [0.3, 0.4) is 0 Å². The second-order valence-electron chi connectivity index (χ2n) is 5.03. The number of benzene rings is 2. The molecule has 0 aliphatic rings. The molecule has 0 aliphatic heterocycles. The first-order valence-electron chi connectivity index (χ1n) is 7.21. The lowest BCUT2D eigenvalue weighted by atomic mass is 10.3. The van der Waals surface area contributed by atoms with Crippen molar-refractivity contribution in [1.29, 1.82) is 0 Å². The average molecular weight is 300 g/mol. The fourth-order valence-corrected chi connectivity index (χ4v) is 2.66. The number of imidazole rings is 1. The highest BCUT2D eigenvalue weighted by atomic mass is 35.5. The molecule has 108 valence electrons. The highest BCUT2D eigenvalue weighted by Crippen LogP contribution is 2.22.